The molecule has 0 unspecified atom stereocenters. The summed E-state index contributed by atoms with van der Waals surface area (Å²) in [4.78, 5) is 12.2. The maximum atomic E-state index is 12.2. The van der Waals surface area contributed by atoms with Crippen LogP contribution in [-0.4, -0.2) is 5.91 Å². The molecule has 0 aromatic heterocycles. The number of aryl methyl sites for hydroxylation is 2. The third-order valence-corrected chi connectivity index (χ3v) is 3.68. The van der Waals surface area contributed by atoms with E-state index in [1.165, 1.54) is 6.20 Å². The molecule has 0 aliphatic carbocycles. The predicted molar refractivity (Wildman–Crippen MR) is 96.5 cm³/mol. The van der Waals surface area contributed by atoms with Crippen molar-refractivity contribution in [2.75, 3.05) is 5.32 Å². The average molecular weight is 340 g/mol. The Morgan fingerprint density at radius 2 is 2.04 bits per heavy atom. The number of carbonyl (C=O) groups excluding carboxylic acids is 1. The first-order valence-electron chi connectivity index (χ1n) is 7.46. The lowest BCUT2D eigenvalue weighted by molar-refractivity contribution is -0.112. The lowest BCUT2D eigenvalue weighted by atomic mass is 10.1. The summed E-state index contributed by atoms with van der Waals surface area (Å²) >= 11 is 5.93. The van der Waals surface area contributed by atoms with Crippen molar-refractivity contribution in [2.45, 2.75) is 20.4 Å². The van der Waals surface area contributed by atoms with Crippen LogP contribution < -0.4 is 10.6 Å². The molecular formula is C19H18ClN3O. The van der Waals surface area contributed by atoms with Crippen molar-refractivity contribution >= 4 is 23.2 Å². The lowest BCUT2D eigenvalue weighted by Crippen LogP contribution is -2.17. The van der Waals surface area contributed by atoms with Crippen LogP contribution in [0, 0.1) is 25.2 Å². The van der Waals surface area contributed by atoms with Crippen LogP contribution in [0.2, 0.25) is 5.02 Å². The zero-order valence-electron chi connectivity index (χ0n) is 13.6. The summed E-state index contributed by atoms with van der Waals surface area (Å²) in [6, 6.07) is 15.1. The first-order chi connectivity index (χ1) is 11.5. The van der Waals surface area contributed by atoms with E-state index in [-0.39, 0.29) is 5.57 Å². The number of hydrogen-bond donors (Lipinski definition) is 2. The minimum atomic E-state index is -0.473. The molecule has 5 heteroatoms. The van der Waals surface area contributed by atoms with Gasteiger partial charge in [-0.3, -0.25) is 4.79 Å². The van der Waals surface area contributed by atoms with Crippen LogP contribution in [0.15, 0.2) is 54.2 Å². The van der Waals surface area contributed by atoms with E-state index in [0.717, 1.165) is 16.7 Å². The maximum absolute atomic E-state index is 12.2. The molecule has 0 aliphatic rings. The van der Waals surface area contributed by atoms with E-state index < -0.39 is 5.91 Å². The summed E-state index contributed by atoms with van der Waals surface area (Å²) in [5.41, 5.74) is 3.70. The van der Waals surface area contributed by atoms with Crippen LogP contribution in [0.25, 0.3) is 0 Å². The molecule has 2 aromatic rings. The first-order valence-corrected chi connectivity index (χ1v) is 7.84. The zero-order valence-corrected chi connectivity index (χ0v) is 14.3. The van der Waals surface area contributed by atoms with Gasteiger partial charge in [0.2, 0.25) is 0 Å². The molecule has 0 radical (unpaired) electrons. The van der Waals surface area contributed by atoms with Gasteiger partial charge in [0, 0.05) is 23.5 Å². The van der Waals surface area contributed by atoms with Gasteiger partial charge in [-0.15, -0.1) is 0 Å². The summed E-state index contributed by atoms with van der Waals surface area (Å²) < 4.78 is 0. The average Bonchev–Trinajstić information content (AvgIpc) is 2.55. The van der Waals surface area contributed by atoms with Gasteiger partial charge >= 0.3 is 0 Å². The van der Waals surface area contributed by atoms with E-state index in [0.29, 0.717) is 17.3 Å². The topological polar surface area (TPSA) is 64.9 Å². The van der Waals surface area contributed by atoms with Gasteiger partial charge in [0.1, 0.15) is 11.6 Å². The fraction of sp³-hybridized carbons (Fsp3) is 0.158. The molecule has 0 saturated heterocycles. The Kier molecular flexibility index (Phi) is 6.00. The summed E-state index contributed by atoms with van der Waals surface area (Å²) in [6.45, 7) is 4.41. The molecule has 0 fully saturated rings. The van der Waals surface area contributed by atoms with E-state index in [9.17, 15) is 10.1 Å². The van der Waals surface area contributed by atoms with E-state index in [2.05, 4.69) is 10.6 Å². The number of carbonyl (C=O) groups is 1. The Hall–Kier alpha value is -2.77. The number of hydrogen-bond acceptors (Lipinski definition) is 3. The second-order valence-corrected chi connectivity index (χ2v) is 5.89. The van der Waals surface area contributed by atoms with Crippen LogP contribution in [0.1, 0.15) is 16.7 Å². The zero-order chi connectivity index (χ0) is 17.5. The Balaban J connectivity index is 2.03. The van der Waals surface area contributed by atoms with Crippen molar-refractivity contribution in [1.82, 2.24) is 5.32 Å². The van der Waals surface area contributed by atoms with Crippen LogP contribution in [-0.2, 0) is 11.3 Å². The van der Waals surface area contributed by atoms with E-state index in [1.807, 2.05) is 50.2 Å². The Morgan fingerprint density at radius 1 is 1.25 bits per heavy atom. The van der Waals surface area contributed by atoms with Gasteiger partial charge in [-0.1, -0.05) is 47.5 Å². The monoisotopic (exact) mass is 339 g/mol. The molecule has 24 heavy (non-hydrogen) atoms. The van der Waals surface area contributed by atoms with Crippen LogP contribution in [0.3, 0.4) is 0 Å². The Bertz CT molecular complexity index is 822. The minimum Gasteiger partial charge on any atom is -0.386 e. The lowest BCUT2D eigenvalue weighted by Gasteiger charge is -2.08. The summed E-state index contributed by atoms with van der Waals surface area (Å²) in [5, 5.41) is 15.4. The van der Waals surface area contributed by atoms with Crippen LogP contribution >= 0.6 is 11.6 Å². The van der Waals surface area contributed by atoms with Crippen molar-refractivity contribution in [1.29, 1.82) is 5.26 Å². The van der Waals surface area contributed by atoms with Gasteiger partial charge in [0.05, 0.1) is 0 Å². The minimum absolute atomic E-state index is 0.00188. The normalized spacial score (nSPS) is 10.8. The summed E-state index contributed by atoms with van der Waals surface area (Å²) in [5.74, 6) is -0.473. The largest absolute Gasteiger partial charge is 0.386 e. The molecule has 1 amide bonds. The van der Waals surface area contributed by atoms with Crippen molar-refractivity contribution in [2.24, 2.45) is 0 Å². The smallest absolute Gasteiger partial charge is 0.267 e. The highest BCUT2D eigenvalue weighted by Gasteiger charge is 2.10. The summed E-state index contributed by atoms with van der Waals surface area (Å²) in [7, 11) is 0. The molecule has 0 atom stereocenters. The number of benzene rings is 2. The highest BCUT2D eigenvalue weighted by atomic mass is 35.5. The van der Waals surface area contributed by atoms with Crippen LogP contribution in [0.5, 0.6) is 0 Å². The van der Waals surface area contributed by atoms with Gasteiger partial charge in [-0.25, -0.2) is 0 Å². The molecule has 0 saturated carbocycles. The van der Waals surface area contributed by atoms with E-state index in [4.69, 9.17) is 11.6 Å². The number of halogens is 1. The third kappa shape index (κ3) is 4.87. The highest BCUT2D eigenvalue weighted by molar-refractivity contribution is 6.31. The first kappa shape index (κ1) is 17.6. The molecule has 2 aromatic carbocycles. The Morgan fingerprint density at radius 3 is 2.75 bits per heavy atom. The number of nitrogens with one attached hydrogen (secondary N) is 2. The number of amides is 1. The van der Waals surface area contributed by atoms with Crippen molar-refractivity contribution < 1.29 is 4.79 Å². The molecule has 0 bridgehead atoms. The predicted octanol–water partition coefficient (Wildman–Crippen LogP) is 4.09. The molecule has 0 heterocycles. The molecule has 0 aliphatic heterocycles. The quantitative estimate of drug-likeness (QED) is 0.637. The Labute approximate surface area is 146 Å². The van der Waals surface area contributed by atoms with Crippen molar-refractivity contribution in [3.8, 4) is 6.07 Å². The van der Waals surface area contributed by atoms with Crippen molar-refractivity contribution in [3.63, 3.8) is 0 Å². The van der Waals surface area contributed by atoms with Crippen LogP contribution in [0.4, 0.5) is 5.69 Å². The second kappa shape index (κ2) is 8.19. The van der Waals surface area contributed by atoms with E-state index in [1.54, 1.807) is 12.1 Å². The number of rotatable bonds is 5. The fourth-order valence-electron chi connectivity index (χ4n) is 2.16. The van der Waals surface area contributed by atoms with Gasteiger partial charge in [-0.2, -0.15) is 5.26 Å². The standard InChI is InChI=1S/C19H18ClN3O/c1-13-4-3-5-15(8-13)11-22-12-16(10-21)19(24)23-18-9-17(20)7-6-14(18)2/h3-9,12,22H,11H2,1-2H3,(H,23,24)/b16-12-. The van der Waals surface area contributed by atoms with Gasteiger partial charge < -0.3 is 10.6 Å². The number of nitrogens with zero attached hydrogens (tertiary/aromatic N) is 1. The summed E-state index contributed by atoms with van der Waals surface area (Å²) in [6.07, 6.45) is 1.43. The molecule has 0 spiro atoms. The van der Waals surface area contributed by atoms with E-state index >= 15 is 0 Å². The maximum Gasteiger partial charge on any atom is 0.267 e. The molecule has 122 valence electrons. The number of nitriles is 1. The van der Waals surface area contributed by atoms with Gasteiger partial charge in [0.15, 0.2) is 0 Å². The van der Waals surface area contributed by atoms with Crippen molar-refractivity contribution in [3.05, 3.63) is 76.0 Å². The van der Waals surface area contributed by atoms with Gasteiger partial charge in [-0.05, 0) is 37.1 Å². The van der Waals surface area contributed by atoms with Gasteiger partial charge in [0.25, 0.3) is 5.91 Å². The molecule has 2 rings (SSSR count). The fourth-order valence-corrected chi connectivity index (χ4v) is 2.33. The number of anilines is 1. The second-order valence-electron chi connectivity index (χ2n) is 5.45. The highest BCUT2D eigenvalue weighted by Crippen LogP contribution is 2.20. The molecular weight excluding hydrogens is 322 g/mol. The SMILES string of the molecule is Cc1cccc(CN/C=C(/C#N)C(=O)Nc2cc(Cl)ccc2C)c1. The third-order valence-electron chi connectivity index (χ3n) is 3.45. The molecule has 2 N–H and O–H groups in total. The molecule has 4 nitrogen and oxygen atoms in total.